The van der Waals surface area contributed by atoms with Crippen molar-refractivity contribution in [1.82, 2.24) is 0 Å². The maximum Gasteiger partial charge on any atom is 0.0758 e. The molecule has 1 rings (SSSR count). The normalized spacial score (nSPS) is 31.5. The molecule has 1 heterocycles. The molecule has 0 aliphatic carbocycles. The van der Waals surface area contributed by atoms with Crippen LogP contribution in [0.2, 0.25) is 0 Å². The molecule has 1 heteroatoms. The van der Waals surface area contributed by atoms with Gasteiger partial charge in [-0.25, -0.2) is 0 Å². The van der Waals surface area contributed by atoms with Gasteiger partial charge in [-0.05, 0) is 32.6 Å². The Bertz CT molecular complexity index is 137. The number of hydrogen-bond donors (Lipinski definition) is 0. The van der Waals surface area contributed by atoms with E-state index in [-0.39, 0.29) is 0 Å². The van der Waals surface area contributed by atoms with Crippen molar-refractivity contribution in [3.05, 3.63) is 11.6 Å². The Labute approximate surface area is 69.4 Å². The van der Waals surface area contributed by atoms with Crippen molar-refractivity contribution in [2.24, 2.45) is 5.92 Å². The molecule has 0 unspecified atom stereocenters. The first-order chi connectivity index (χ1) is 5.18. The maximum atomic E-state index is 5.62. The predicted octanol–water partition coefficient (Wildman–Crippen LogP) is 2.77. The van der Waals surface area contributed by atoms with Crippen LogP contribution in [0.1, 0.15) is 33.6 Å². The quantitative estimate of drug-likeness (QED) is 0.528. The molecule has 1 fully saturated rings. The lowest BCUT2D eigenvalue weighted by molar-refractivity contribution is 0.0161. The lowest BCUT2D eigenvalue weighted by Gasteiger charge is -2.24. The SMILES string of the molecule is CC(C)=C[C@H]1CC[C@H](C)CO1. The van der Waals surface area contributed by atoms with E-state index in [0.717, 1.165) is 12.5 Å². The smallest absolute Gasteiger partial charge is 0.0758 e. The summed E-state index contributed by atoms with van der Waals surface area (Å²) < 4.78 is 5.62. The van der Waals surface area contributed by atoms with E-state index in [0.29, 0.717) is 6.10 Å². The van der Waals surface area contributed by atoms with E-state index >= 15 is 0 Å². The highest BCUT2D eigenvalue weighted by molar-refractivity contribution is 4.99. The molecule has 64 valence electrons. The van der Waals surface area contributed by atoms with E-state index in [1.165, 1.54) is 18.4 Å². The van der Waals surface area contributed by atoms with Crippen molar-refractivity contribution < 1.29 is 4.74 Å². The molecular weight excluding hydrogens is 136 g/mol. The third-order valence-electron chi connectivity index (χ3n) is 2.06. The Morgan fingerprint density at radius 1 is 1.36 bits per heavy atom. The molecule has 0 saturated carbocycles. The fraction of sp³-hybridized carbons (Fsp3) is 0.800. The zero-order chi connectivity index (χ0) is 8.27. The Kier molecular flexibility index (Phi) is 3.13. The number of allylic oxidation sites excluding steroid dienone is 1. The molecule has 2 atom stereocenters. The molecule has 0 spiro atoms. The number of rotatable bonds is 1. The summed E-state index contributed by atoms with van der Waals surface area (Å²) in [5.74, 6) is 0.761. The maximum absolute atomic E-state index is 5.62. The second-order valence-electron chi connectivity index (χ2n) is 3.80. The van der Waals surface area contributed by atoms with Gasteiger partial charge in [-0.3, -0.25) is 0 Å². The zero-order valence-electron chi connectivity index (χ0n) is 7.76. The molecule has 0 N–H and O–H groups in total. The van der Waals surface area contributed by atoms with Crippen molar-refractivity contribution in [1.29, 1.82) is 0 Å². The fourth-order valence-corrected chi connectivity index (χ4v) is 1.41. The lowest BCUT2D eigenvalue weighted by Crippen LogP contribution is -2.22. The zero-order valence-corrected chi connectivity index (χ0v) is 7.76. The van der Waals surface area contributed by atoms with Crippen LogP contribution in [0, 0.1) is 5.92 Å². The van der Waals surface area contributed by atoms with E-state index in [1.54, 1.807) is 0 Å². The van der Waals surface area contributed by atoms with E-state index in [4.69, 9.17) is 4.74 Å². The number of ether oxygens (including phenoxy) is 1. The summed E-state index contributed by atoms with van der Waals surface area (Å²) in [6, 6.07) is 0. The molecule has 0 amide bonds. The van der Waals surface area contributed by atoms with Gasteiger partial charge >= 0.3 is 0 Å². The summed E-state index contributed by atoms with van der Waals surface area (Å²) >= 11 is 0. The van der Waals surface area contributed by atoms with E-state index in [1.807, 2.05) is 0 Å². The molecule has 0 aromatic rings. The third kappa shape index (κ3) is 3.06. The van der Waals surface area contributed by atoms with Gasteiger partial charge in [-0.1, -0.05) is 18.6 Å². The molecular formula is C10H18O. The van der Waals surface area contributed by atoms with Gasteiger partial charge < -0.3 is 4.74 Å². The molecule has 11 heavy (non-hydrogen) atoms. The molecule has 1 aliphatic heterocycles. The van der Waals surface area contributed by atoms with Gasteiger partial charge in [0.15, 0.2) is 0 Å². The summed E-state index contributed by atoms with van der Waals surface area (Å²) in [4.78, 5) is 0. The summed E-state index contributed by atoms with van der Waals surface area (Å²) in [6.45, 7) is 7.44. The Morgan fingerprint density at radius 3 is 2.55 bits per heavy atom. The molecule has 1 aliphatic rings. The van der Waals surface area contributed by atoms with Gasteiger partial charge in [0.25, 0.3) is 0 Å². The minimum atomic E-state index is 0.399. The molecule has 0 aromatic heterocycles. The van der Waals surface area contributed by atoms with Crippen LogP contribution >= 0.6 is 0 Å². The number of hydrogen-bond acceptors (Lipinski definition) is 1. The average molecular weight is 154 g/mol. The van der Waals surface area contributed by atoms with Crippen LogP contribution in [-0.4, -0.2) is 12.7 Å². The topological polar surface area (TPSA) is 9.23 Å². The summed E-state index contributed by atoms with van der Waals surface area (Å²) in [5, 5.41) is 0. The monoisotopic (exact) mass is 154 g/mol. The van der Waals surface area contributed by atoms with E-state index in [9.17, 15) is 0 Å². The van der Waals surface area contributed by atoms with Crippen LogP contribution in [0.25, 0.3) is 0 Å². The standard InChI is InChI=1S/C10H18O/c1-8(2)6-10-5-4-9(3)7-11-10/h6,9-10H,4-5,7H2,1-3H3/t9-,10+/m0/s1. The van der Waals surface area contributed by atoms with Crippen LogP contribution in [0.5, 0.6) is 0 Å². The minimum absolute atomic E-state index is 0.399. The van der Waals surface area contributed by atoms with Crippen molar-refractivity contribution in [3.63, 3.8) is 0 Å². The van der Waals surface area contributed by atoms with Crippen LogP contribution in [0.15, 0.2) is 11.6 Å². The van der Waals surface area contributed by atoms with Crippen LogP contribution in [0.4, 0.5) is 0 Å². The van der Waals surface area contributed by atoms with Gasteiger partial charge in [-0.15, -0.1) is 0 Å². The second-order valence-corrected chi connectivity index (χ2v) is 3.80. The average Bonchev–Trinajstić information content (AvgIpc) is 1.93. The molecule has 1 nitrogen and oxygen atoms in total. The van der Waals surface area contributed by atoms with Gasteiger partial charge in [0.1, 0.15) is 0 Å². The Balaban J connectivity index is 2.34. The molecule has 0 radical (unpaired) electrons. The van der Waals surface area contributed by atoms with Gasteiger partial charge in [0, 0.05) is 6.61 Å². The first-order valence-corrected chi connectivity index (χ1v) is 4.45. The van der Waals surface area contributed by atoms with Gasteiger partial charge in [0.05, 0.1) is 6.10 Å². The third-order valence-corrected chi connectivity index (χ3v) is 2.06. The van der Waals surface area contributed by atoms with Crippen LogP contribution < -0.4 is 0 Å². The highest BCUT2D eigenvalue weighted by Gasteiger charge is 2.15. The van der Waals surface area contributed by atoms with E-state index < -0.39 is 0 Å². The molecule has 1 saturated heterocycles. The fourth-order valence-electron chi connectivity index (χ4n) is 1.41. The minimum Gasteiger partial charge on any atom is -0.374 e. The molecule has 0 aromatic carbocycles. The van der Waals surface area contributed by atoms with Crippen LogP contribution in [0.3, 0.4) is 0 Å². The summed E-state index contributed by atoms with van der Waals surface area (Å²) in [5.41, 5.74) is 1.37. The highest BCUT2D eigenvalue weighted by Crippen LogP contribution is 2.19. The van der Waals surface area contributed by atoms with Crippen molar-refractivity contribution in [2.45, 2.75) is 39.7 Å². The largest absolute Gasteiger partial charge is 0.374 e. The molecule has 0 bridgehead atoms. The summed E-state index contributed by atoms with van der Waals surface area (Å²) in [7, 11) is 0. The first kappa shape index (κ1) is 8.79. The van der Waals surface area contributed by atoms with Gasteiger partial charge in [-0.2, -0.15) is 0 Å². The Hall–Kier alpha value is -0.300. The second kappa shape index (κ2) is 3.91. The Morgan fingerprint density at radius 2 is 2.09 bits per heavy atom. The van der Waals surface area contributed by atoms with Crippen LogP contribution in [-0.2, 0) is 4.74 Å². The van der Waals surface area contributed by atoms with Gasteiger partial charge in [0.2, 0.25) is 0 Å². The highest BCUT2D eigenvalue weighted by atomic mass is 16.5. The van der Waals surface area contributed by atoms with E-state index in [2.05, 4.69) is 26.8 Å². The van der Waals surface area contributed by atoms with Crippen molar-refractivity contribution in [3.8, 4) is 0 Å². The first-order valence-electron chi connectivity index (χ1n) is 4.45. The summed E-state index contributed by atoms with van der Waals surface area (Å²) in [6.07, 6.45) is 5.14. The predicted molar refractivity (Wildman–Crippen MR) is 47.6 cm³/mol. The van der Waals surface area contributed by atoms with Crippen molar-refractivity contribution in [2.75, 3.05) is 6.61 Å². The lowest BCUT2D eigenvalue weighted by atomic mass is 9.99. The van der Waals surface area contributed by atoms with Crippen molar-refractivity contribution >= 4 is 0 Å².